The Morgan fingerprint density at radius 2 is 1.94 bits per heavy atom. The Morgan fingerprint density at radius 1 is 1.19 bits per heavy atom. The Kier molecular flexibility index (Phi) is 2.88. The van der Waals surface area contributed by atoms with Gasteiger partial charge in [0.25, 0.3) is 0 Å². The monoisotopic (exact) mass is 218 g/mol. The molecule has 0 unspecified atom stereocenters. The molecule has 0 radical (unpaired) electrons. The molecule has 1 saturated carbocycles. The fourth-order valence-corrected chi connectivity index (χ4v) is 1.94. The molecule has 0 bridgehead atoms. The van der Waals surface area contributed by atoms with Gasteiger partial charge in [0.2, 0.25) is 0 Å². The second-order valence-electron chi connectivity index (χ2n) is 4.03. The van der Waals surface area contributed by atoms with E-state index in [4.69, 9.17) is 5.73 Å². The van der Waals surface area contributed by atoms with Gasteiger partial charge in [-0.25, -0.2) is 0 Å². The molecule has 0 amide bonds. The van der Waals surface area contributed by atoms with Gasteiger partial charge in [0.15, 0.2) is 0 Å². The molecule has 1 aromatic heterocycles. The topological polar surface area (TPSA) is 38.9 Å². The molecule has 84 valence electrons. The molecular formula is C13H15FN2. The molecule has 2 nitrogen and oxygen atoms in total. The van der Waals surface area contributed by atoms with E-state index in [1.54, 1.807) is 0 Å². The van der Waals surface area contributed by atoms with Crippen molar-refractivity contribution in [3.8, 4) is 0 Å². The first kappa shape index (κ1) is 11.0. The standard InChI is InChI=1S/C12H12N2.CH3F/c13-12(6-7-12)10-4-1-5-11-9(10)3-2-8-14-11;1-2/h1-5,8H,6-7,13H2;1H3. The summed E-state index contributed by atoms with van der Waals surface area (Å²) in [5, 5.41) is 1.20. The van der Waals surface area contributed by atoms with Gasteiger partial charge in [-0.1, -0.05) is 18.2 Å². The summed E-state index contributed by atoms with van der Waals surface area (Å²) in [6.07, 6.45) is 4.02. The summed E-state index contributed by atoms with van der Waals surface area (Å²) >= 11 is 0. The Bertz CT molecular complexity index is 487. The molecule has 0 aliphatic heterocycles. The van der Waals surface area contributed by atoms with Gasteiger partial charge in [-0.2, -0.15) is 0 Å². The van der Waals surface area contributed by atoms with Crippen molar-refractivity contribution in [1.82, 2.24) is 4.98 Å². The molecule has 1 fully saturated rings. The first-order valence-electron chi connectivity index (χ1n) is 5.30. The van der Waals surface area contributed by atoms with Gasteiger partial charge < -0.3 is 5.73 Å². The fraction of sp³-hybridized carbons (Fsp3) is 0.308. The molecule has 0 atom stereocenters. The van der Waals surface area contributed by atoms with Crippen LogP contribution < -0.4 is 5.73 Å². The van der Waals surface area contributed by atoms with Gasteiger partial charge in [-0.3, -0.25) is 9.37 Å². The van der Waals surface area contributed by atoms with Crippen LogP contribution in [-0.4, -0.2) is 12.2 Å². The molecule has 1 aliphatic rings. The minimum Gasteiger partial charge on any atom is -0.321 e. The minimum absolute atomic E-state index is 0.0669. The Labute approximate surface area is 94.3 Å². The fourth-order valence-electron chi connectivity index (χ4n) is 1.94. The number of halogens is 1. The molecule has 16 heavy (non-hydrogen) atoms. The van der Waals surface area contributed by atoms with Gasteiger partial charge in [0.05, 0.1) is 12.7 Å². The Hall–Kier alpha value is -1.48. The van der Waals surface area contributed by atoms with Crippen molar-refractivity contribution >= 4 is 10.9 Å². The number of alkyl halides is 1. The highest BCUT2D eigenvalue weighted by Gasteiger charge is 2.40. The molecule has 3 rings (SSSR count). The average molecular weight is 218 g/mol. The summed E-state index contributed by atoms with van der Waals surface area (Å²) in [6.45, 7) is 0. The predicted molar refractivity (Wildman–Crippen MR) is 63.9 cm³/mol. The van der Waals surface area contributed by atoms with Gasteiger partial charge >= 0.3 is 0 Å². The lowest BCUT2D eigenvalue weighted by atomic mass is 10.0. The van der Waals surface area contributed by atoms with Crippen LogP contribution in [0.4, 0.5) is 4.39 Å². The number of benzene rings is 1. The van der Waals surface area contributed by atoms with Crippen LogP contribution in [0.1, 0.15) is 18.4 Å². The van der Waals surface area contributed by atoms with E-state index in [0.29, 0.717) is 7.18 Å². The largest absolute Gasteiger partial charge is 0.321 e. The average Bonchev–Trinajstić information content (AvgIpc) is 3.10. The van der Waals surface area contributed by atoms with Crippen molar-refractivity contribution in [2.75, 3.05) is 7.18 Å². The summed E-state index contributed by atoms with van der Waals surface area (Å²) in [5.74, 6) is 0. The lowest BCUT2D eigenvalue weighted by Crippen LogP contribution is -2.18. The van der Waals surface area contributed by atoms with E-state index < -0.39 is 0 Å². The van der Waals surface area contributed by atoms with Crippen molar-refractivity contribution < 1.29 is 4.39 Å². The number of aromatic nitrogens is 1. The summed E-state index contributed by atoms with van der Waals surface area (Å²) in [7, 11) is 0.500. The van der Waals surface area contributed by atoms with Crippen molar-refractivity contribution in [3.63, 3.8) is 0 Å². The van der Waals surface area contributed by atoms with Gasteiger partial charge in [0, 0.05) is 17.1 Å². The first-order valence-corrected chi connectivity index (χ1v) is 5.30. The number of rotatable bonds is 1. The van der Waals surface area contributed by atoms with E-state index in [0.717, 1.165) is 18.4 Å². The van der Waals surface area contributed by atoms with Crippen LogP contribution in [-0.2, 0) is 5.54 Å². The van der Waals surface area contributed by atoms with Crippen molar-refractivity contribution in [1.29, 1.82) is 0 Å². The zero-order valence-corrected chi connectivity index (χ0v) is 9.28. The normalized spacial score (nSPS) is 16.4. The van der Waals surface area contributed by atoms with Crippen LogP contribution in [0.15, 0.2) is 36.5 Å². The van der Waals surface area contributed by atoms with E-state index in [-0.39, 0.29) is 5.54 Å². The molecule has 1 aromatic carbocycles. The highest BCUT2D eigenvalue weighted by Crippen LogP contribution is 2.44. The number of hydrogen-bond donors (Lipinski definition) is 1. The highest BCUT2D eigenvalue weighted by molar-refractivity contribution is 5.83. The van der Waals surface area contributed by atoms with Crippen molar-refractivity contribution in [2.45, 2.75) is 18.4 Å². The SMILES string of the molecule is CF.NC1(c2cccc3ncccc23)CC1. The third kappa shape index (κ3) is 1.78. The van der Waals surface area contributed by atoms with Crippen LogP contribution in [0.3, 0.4) is 0 Å². The molecule has 2 aromatic rings. The Morgan fingerprint density at radius 3 is 2.62 bits per heavy atom. The summed E-state index contributed by atoms with van der Waals surface area (Å²) in [4.78, 5) is 4.33. The predicted octanol–water partition coefficient (Wildman–Crippen LogP) is 2.77. The van der Waals surface area contributed by atoms with Gasteiger partial charge in [-0.15, -0.1) is 0 Å². The maximum Gasteiger partial charge on any atom is 0.0785 e. The van der Waals surface area contributed by atoms with Crippen LogP contribution >= 0.6 is 0 Å². The molecule has 2 N–H and O–H groups in total. The number of fused-ring (bicyclic) bond motifs is 1. The number of nitrogens with two attached hydrogens (primary N) is 1. The lowest BCUT2D eigenvalue weighted by molar-refractivity contribution is 0.636. The Balaban J connectivity index is 0.000000457. The summed E-state index contributed by atoms with van der Waals surface area (Å²) in [6, 6.07) is 10.3. The number of pyridine rings is 1. The van der Waals surface area contributed by atoms with E-state index in [2.05, 4.69) is 17.1 Å². The highest BCUT2D eigenvalue weighted by atomic mass is 19.1. The quantitative estimate of drug-likeness (QED) is 0.799. The maximum absolute atomic E-state index is 9.50. The zero-order valence-electron chi connectivity index (χ0n) is 9.28. The van der Waals surface area contributed by atoms with Crippen molar-refractivity contribution in [2.24, 2.45) is 5.73 Å². The molecule has 0 saturated heterocycles. The minimum atomic E-state index is -0.0669. The van der Waals surface area contributed by atoms with Crippen LogP contribution in [0.25, 0.3) is 10.9 Å². The second kappa shape index (κ2) is 4.18. The van der Waals surface area contributed by atoms with E-state index in [1.165, 1.54) is 10.9 Å². The molecule has 0 spiro atoms. The van der Waals surface area contributed by atoms with Gasteiger partial charge in [0.1, 0.15) is 0 Å². The van der Waals surface area contributed by atoms with E-state index >= 15 is 0 Å². The van der Waals surface area contributed by atoms with E-state index in [1.807, 2.05) is 24.4 Å². The summed E-state index contributed by atoms with van der Waals surface area (Å²) < 4.78 is 9.50. The lowest BCUT2D eigenvalue weighted by Gasteiger charge is -2.11. The third-order valence-electron chi connectivity index (χ3n) is 2.97. The molecular weight excluding hydrogens is 203 g/mol. The number of hydrogen-bond acceptors (Lipinski definition) is 2. The number of nitrogens with zero attached hydrogens (tertiary/aromatic N) is 1. The third-order valence-corrected chi connectivity index (χ3v) is 2.97. The summed E-state index contributed by atoms with van der Waals surface area (Å²) in [5.41, 5.74) is 8.44. The van der Waals surface area contributed by atoms with Crippen LogP contribution in [0.5, 0.6) is 0 Å². The smallest absolute Gasteiger partial charge is 0.0785 e. The molecule has 1 aliphatic carbocycles. The van der Waals surface area contributed by atoms with Crippen molar-refractivity contribution in [3.05, 3.63) is 42.1 Å². The van der Waals surface area contributed by atoms with E-state index in [9.17, 15) is 4.39 Å². The molecule has 3 heteroatoms. The zero-order chi connectivity index (χ0) is 11.6. The second-order valence-corrected chi connectivity index (χ2v) is 4.03. The first-order chi connectivity index (χ1) is 7.80. The molecule has 1 heterocycles. The van der Waals surface area contributed by atoms with Crippen LogP contribution in [0.2, 0.25) is 0 Å². The maximum atomic E-state index is 9.50. The van der Waals surface area contributed by atoms with Crippen LogP contribution in [0, 0.1) is 0 Å². The van der Waals surface area contributed by atoms with Gasteiger partial charge in [-0.05, 0) is 30.5 Å².